The van der Waals surface area contributed by atoms with Gasteiger partial charge in [0.1, 0.15) is 11.5 Å². The Balaban J connectivity index is 3.54. The van der Waals surface area contributed by atoms with E-state index in [1.165, 1.54) is 19.2 Å². The van der Waals surface area contributed by atoms with Gasteiger partial charge in [-0.2, -0.15) is 13.2 Å². The van der Waals surface area contributed by atoms with E-state index in [1.807, 2.05) is 0 Å². The number of rotatable bonds is 4. The van der Waals surface area contributed by atoms with Gasteiger partial charge in [0.05, 0.1) is 14.2 Å². The van der Waals surface area contributed by atoms with E-state index >= 15 is 0 Å². The highest BCUT2D eigenvalue weighted by Crippen LogP contribution is 2.42. The van der Waals surface area contributed by atoms with Gasteiger partial charge in [0.15, 0.2) is 5.25 Å². The molecule has 0 heterocycles. The molecule has 2 N–H and O–H groups in total. The van der Waals surface area contributed by atoms with Gasteiger partial charge in [-0.3, -0.25) is 0 Å². The fourth-order valence-corrected chi connectivity index (χ4v) is 2.49. The van der Waals surface area contributed by atoms with Crippen LogP contribution < -0.4 is 14.6 Å². The van der Waals surface area contributed by atoms with Gasteiger partial charge in [-0.25, -0.2) is 13.6 Å². The maximum absolute atomic E-state index is 12.9. The summed E-state index contributed by atoms with van der Waals surface area (Å²) in [6.07, 6.45) is -5.06. The summed E-state index contributed by atoms with van der Waals surface area (Å²) in [5, 5.41) is 1.80. The van der Waals surface area contributed by atoms with Crippen LogP contribution >= 0.6 is 0 Å². The summed E-state index contributed by atoms with van der Waals surface area (Å²) in [7, 11) is -2.53. The number of sulfonamides is 1. The van der Waals surface area contributed by atoms with Gasteiger partial charge in [-0.05, 0) is 18.2 Å². The predicted octanol–water partition coefficient (Wildman–Crippen LogP) is 1.60. The van der Waals surface area contributed by atoms with Crippen molar-refractivity contribution in [2.75, 3.05) is 14.2 Å². The van der Waals surface area contributed by atoms with Crippen LogP contribution in [-0.2, 0) is 10.0 Å². The summed E-state index contributed by atoms with van der Waals surface area (Å²) in [6.45, 7) is 0. The summed E-state index contributed by atoms with van der Waals surface area (Å²) in [4.78, 5) is 0. The van der Waals surface area contributed by atoms with Crippen LogP contribution in [0.2, 0.25) is 0 Å². The van der Waals surface area contributed by atoms with Gasteiger partial charge in [-0.15, -0.1) is 0 Å². The third kappa shape index (κ3) is 3.51. The number of halogens is 3. The summed E-state index contributed by atoms with van der Waals surface area (Å²) in [6, 6.07) is 3.46. The standard InChI is InChI=1S/C10H12F3NO4S/c1-17-6-3-4-8(18-2)7(5-6)9(10(11,12)13)19(14,15)16/h3-5,9H,1-2H3,(H2,14,15,16). The number of nitrogens with two attached hydrogens (primary N) is 1. The number of methoxy groups -OCH3 is 2. The van der Waals surface area contributed by atoms with E-state index in [0.717, 1.165) is 13.2 Å². The number of primary sulfonamides is 1. The fraction of sp³-hybridized carbons (Fsp3) is 0.400. The van der Waals surface area contributed by atoms with Crippen molar-refractivity contribution in [2.45, 2.75) is 11.4 Å². The van der Waals surface area contributed by atoms with Crippen LogP contribution in [0.5, 0.6) is 11.5 Å². The van der Waals surface area contributed by atoms with Crippen molar-refractivity contribution in [3.05, 3.63) is 23.8 Å². The third-order valence-corrected chi connectivity index (χ3v) is 3.52. The van der Waals surface area contributed by atoms with Gasteiger partial charge in [0, 0.05) is 5.56 Å². The van der Waals surface area contributed by atoms with E-state index < -0.39 is 27.0 Å². The number of hydrogen-bond donors (Lipinski definition) is 1. The van der Waals surface area contributed by atoms with Crippen LogP contribution in [0.15, 0.2) is 18.2 Å². The molecule has 1 atom stereocenters. The minimum Gasteiger partial charge on any atom is -0.497 e. The molecular formula is C10H12F3NO4S. The largest absolute Gasteiger partial charge is 0.497 e. The maximum Gasteiger partial charge on any atom is 0.410 e. The molecule has 0 bridgehead atoms. The highest BCUT2D eigenvalue weighted by Gasteiger charge is 2.50. The molecule has 0 saturated carbocycles. The Bertz CT molecular complexity index is 556. The first-order chi connectivity index (χ1) is 8.61. The average Bonchev–Trinajstić information content (AvgIpc) is 2.25. The van der Waals surface area contributed by atoms with Crippen molar-refractivity contribution in [3.8, 4) is 11.5 Å². The first-order valence-electron chi connectivity index (χ1n) is 4.91. The van der Waals surface area contributed by atoms with E-state index in [2.05, 4.69) is 5.14 Å². The van der Waals surface area contributed by atoms with Crippen molar-refractivity contribution in [1.29, 1.82) is 0 Å². The van der Waals surface area contributed by atoms with E-state index in [1.54, 1.807) is 0 Å². The molecule has 0 spiro atoms. The topological polar surface area (TPSA) is 78.6 Å². The van der Waals surface area contributed by atoms with Crippen LogP contribution in [0.3, 0.4) is 0 Å². The lowest BCUT2D eigenvalue weighted by atomic mass is 10.1. The van der Waals surface area contributed by atoms with Crippen molar-refractivity contribution in [2.24, 2.45) is 5.14 Å². The average molecular weight is 299 g/mol. The fourth-order valence-electron chi connectivity index (χ4n) is 1.58. The zero-order chi connectivity index (χ0) is 14.8. The second kappa shape index (κ2) is 5.25. The molecule has 0 radical (unpaired) electrons. The smallest absolute Gasteiger partial charge is 0.410 e. The molecule has 0 aliphatic heterocycles. The van der Waals surface area contributed by atoms with Crippen molar-refractivity contribution < 1.29 is 31.1 Å². The lowest BCUT2D eigenvalue weighted by Crippen LogP contribution is -2.33. The molecule has 0 fully saturated rings. The SMILES string of the molecule is COc1ccc(OC)c(C(C(F)(F)F)S(N)(=O)=O)c1. The minimum atomic E-state index is -5.06. The maximum atomic E-state index is 12.9. The Hall–Kier alpha value is -1.48. The van der Waals surface area contributed by atoms with Crippen molar-refractivity contribution >= 4 is 10.0 Å². The molecule has 108 valence electrons. The normalized spacial score (nSPS) is 14.0. The number of hydrogen-bond acceptors (Lipinski definition) is 4. The van der Waals surface area contributed by atoms with E-state index in [4.69, 9.17) is 9.47 Å². The molecule has 1 unspecified atom stereocenters. The number of alkyl halides is 3. The predicted molar refractivity (Wildman–Crippen MR) is 61.4 cm³/mol. The van der Waals surface area contributed by atoms with E-state index in [9.17, 15) is 21.6 Å². The van der Waals surface area contributed by atoms with Gasteiger partial charge in [0.25, 0.3) is 0 Å². The zero-order valence-electron chi connectivity index (χ0n) is 10.1. The van der Waals surface area contributed by atoms with E-state index in [0.29, 0.717) is 0 Å². The Kier molecular flexibility index (Phi) is 4.31. The van der Waals surface area contributed by atoms with Gasteiger partial charge < -0.3 is 9.47 Å². The minimum absolute atomic E-state index is 0.0636. The van der Waals surface area contributed by atoms with Crippen LogP contribution in [0.4, 0.5) is 13.2 Å². The first-order valence-corrected chi connectivity index (χ1v) is 6.52. The summed E-state index contributed by atoms with van der Waals surface area (Å²) in [5.74, 6) is -0.175. The molecule has 0 aromatic heterocycles. The van der Waals surface area contributed by atoms with Crippen LogP contribution in [0.25, 0.3) is 0 Å². The molecule has 19 heavy (non-hydrogen) atoms. The van der Waals surface area contributed by atoms with Gasteiger partial charge in [0.2, 0.25) is 10.0 Å². The molecule has 9 heteroatoms. The molecule has 0 aliphatic rings. The van der Waals surface area contributed by atoms with Crippen molar-refractivity contribution in [1.82, 2.24) is 0 Å². The second-order valence-electron chi connectivity index (χ2n) is 3.62. The quantitative estimate of drug-likeness (QED) is 0.916. The molecule has 1 aromatic carbocycles. The highest BCUT2D eigenvalue weighted by atomic mass is 32.2. The molecule has 1 aromatic rings. The molecule has 1 rings (SSSR count). The highest BCUT2D eigenvalue weighted by molar-refractivity contribution is 7.89. The van der Waals surface area contributed by atoms with Crippen molar-refractivity contribution in [3.63, 3.8) is 0 Å². The van der Waals surface area contributed by atoms with Crippen LogP contribution in [-0.4, -0.2) is 28.8 Å². The Morgan fingerprint density at radius 3 is 2.16 bits per heavy atom. The molecule has 0 aliphatic carbocycles. The molecule has 0 saturated heterocycles. The third-order valence-electron chi connectivity index (χ3n) is 2.35. The molecule has 0 amide bonds. The number of benzene rings is 1. The summed E-state index contributed by atoms with van der Waals surface area (Å²) < 4.78 is 70.6. The molecular weight excluding hydrogens is 287 g/mol. The monoisotopic (exact) mass is 299 g/mol. The van der Waals surface area contributed by atoms with Gasteiger partial charge >= 0.3 is 6.18 Å². The summed E-state index contributed by atoms with van der Waals surface area (Å²) in [5.41, 5.74) is -0.614. The Labute approximate surface area is 108 Å². The Morgan fingerprint density at radius 2 is 1.79 bits per heavy atom. The van der Waals surface area contributed by atoms with Crippen LogP contribution in [0.1, 0.15) is 10.8 Å². The first kappa shape index (κ1) is 15.6. The molecule has 5 nitrogen and oxygen atoms in total. The van der Waals surface area contributed by atoms with Crippen LogP contribution in [0, 0.1) is 0 Å². The second-order valence-corrected chi connectivity index (χ2v) is 5.27. The van der Waals surface area contributed by atoms with E-state index in [-0.39, 0.29) is 11.5 Å². The van der Waals surface area contributed by atoms with Gasteiger partial charge in [-0.1, -0.05) is 0 Å². The lowest BCUT2D eigenvalue weighted by Gasteiger charge is -2.21. The summed E-state index contributed by atoms with van der Waals surface area (Å²) >= 11 is 0. The zero-order valence-corrected chi connectivity index (χ0v) is 10.9. The lowest BCUT2D eigenvalue weighted by molar-refractivity contribution is -0.131. The Morgan fingerprint density at radius 1 is 1.21 bits per heavy atom. The number of ether oxygens (including phenoxy) is 2.